The second-order valence-electron chi connectivity index (χ2n) is 7.20. The van der Waals surface area contributed by atoms with E-state index in [1.165, 1.54) is 16.5 Å². The predicted molar refractivity (Wildman–Crippen MR) is 121 cm³/mol. The third-order valence-electron chi connectivity index (χ3n) is 4.99. The molecule has 0 bridgehead atoms. The highest BCUT2D eigenvalue weighted by Crippen LogP contribution is 2.26. The standard InChI is InChI=1S/C23H16N4O5S/c28-21-13-17(24-20-7-3-4-12-27(20)21)14-32-23(29)15-8-10-16(11-9-15)25-22-18-5-1-2-6-19(18)33(30,31)26-22/h1-13H,14H2,(H,25,26). The molecule has 0 radical (unpaired) electrons. The highest BCUT2D eigenvalue weighted by Gasteiger charge is 2.28. The lowest BCUT2D eigenvalue weighted by Gasteiger charge is -2.08. The Morgan fingerprint density at radius 3 is 2.58 bits per heavy atom. The van der Waals surface area contributed by atoms with Gasteiger partial charge < -0.3 is 10.1 Å². The van der Waals surface area contributed by atoms with Crippen LogP contribution in [0, 0.1) is 0 Å². The van der Waals surface area contributed by atoms with Gasteiger partial charge in [-0.2, -0.15) is 8.42 Å². The lowest BCUT2D eigenvalue weighted by atomic mass is 10.1. The molecule has 5 rings (SSSR count). The van der Waals surface area contributed by atoms with E-state index in [9.17, 15) is 18.0 Å². The Bertz CT molecular complexity index is 1590. The lowest BCUT2D eigenvalue weighted by molar-refractivity contribution is 0.0467. The summed E-state index contributed by atoms with van der Waals surface area (Å²) in [5.41, 5.74) is 1.88. The minimum Gasteiger partial charge on any atom is -0.456 e. The summed E-state index contributed by atoms with van der Waals surface area (Å²) in [5, 5.41) is 2.97. The molecule has 9 nitrogen and oxygen atoms in total. The van der Waals surface area contributed by atoms with E-state index in [0.717, 1.165) is 0 Å². The molecular formula is C23H16N4O5S. The SMILES string of the molecule is O=C(OCc1cc(=O)n2ccccc2n1)c1ccc(NC2=NS(=O)(=O)c3ccccc32)cc1. The summed E-state index contributed by atoms with van der Waals surface area (Å²) < 4.78 is 34.8. The van der Waals surface area contributed by atoms with Gasteiger partial charge in [-0.05, 0) is 48.5 Å². The number of hydrogen-bond donors (Lipinski definition) is 1. The Kier molecular flexibility index (Phi) is 4.98. The number of carbonyl (C=O) groups excluding carboxylic acids is 1. The van der Waals surface area contributed by atoms with Crippen molar-refractivity contribution in [1.29, 1.82) is 0 Å². The topological polar surface area (TPSA) is 119 Å². The Hall–Kier alpha value is -4.31. The Morgan fingerprint density at radius 2 is 1.76 bits per heavy atom. The summed E-state index contributed by atoms with van der Waals surface area (Å²) in [4.78, 5) is 29.0. The minimum absolute atomic E-state index is 0.148. The van der Waals surface area contributed by atoms with Crippen molar-refractivity contribution < 1.29 is 17.9 Å². The molecular weight excluding hydrogens is 444 g/mol. The number of esters is 1. The van der Waals surface area contributed by atoms with E-state index in [1.807, 2.05) is 0 Å². The van der Waals surface area contributed by atoms with E-state index < -0.39 is 16.0 Å². The first-order valence-corrected chi connectivity index (χ1v) is 11.3. The average Bonchev–Trinajstić information content (AvgIpc) is 3.08. The second kappa shape index (κ2) is 7.99. The molecule has 2 aromatic heterocycles. The fourth-order valence-corrected chi connectivity index (χ4v) is 4.60. The first kappa shape index (κ1) is 20.6. The van der Waals surface area contributed by atoms with Crippen LogP contribution in [-0.4, -0.2) is 29.6 Å². The van der Waals surface area contributed by atoms with Crippen molar-refractivity contribution in [3.8, 4) is 0 Å². The number of aromatic nitrogens is 2. The van der Waals surface area contributed by atoms with E-state index in [4.69, 9.17) is 4.74 Å². The number of fused-ring (bicyclic) bond motifs is 2. The zero-order valence-electron chi connectivity index (χ0n) is 17.0. The van der Waals surface area contributed by atoms with E-state index in [2.05, 4.69) is 14.7 Å². The number of amidine groups is 1. The summed E-state index contributed by atoms with van der Waals surface area (Å²) in [7, 11) is -3.73. The van der Waals surface area contributed by atoms with Gasteiger partial charge in [0.2, 0.25) is 0 Å². The van der Waals surface area contributed by atoms with Crippen LogP contribution in [0.1, 0.15) is 21.6 Å². The molecule has 0 aliphatic carbocycles. The molecule has 0 amide bonds. The number of ether oxygens (including phenoxy) is 1. The van der Waals surface area contributed by atoms with Gasteiger partial charge in [-0.1, -0.05) is 18.2 Å². The van der Waals surface area contributed by atoms with E-state index in [0.29, 0.717) is 28.2 Å². The van der Waals surface area contributed by atoms with Crippen LogP contribution >= 0.6 is 0 Å². The number of rotatable bonds is 4. The van der Waals surface area contributed by atoms with Crippen molar-refractivity contribution in [1.82, 2.24) is 9.38 Å². The van der Waals surface area contributed by atoms with Crippen LogP contribution < -0.4 is 10.9 Å². The first-order chi connectivity index (χ1) is 15.9. The van der Waals surface area contributed by atoms with E-state index in [-0.39, 0.29) is 22.9 Å². The first-order valence-electron chi connectivity index (χ1n) is 9.87. The van der Waals surface area contributed by atoms with Crippen LogP contribution in [0.4, 0.5) is 5.69 Å². The summed E-state index contributed by atoms with van der Waals surface area (Å²) in [6.07, 6.45) is 1.61. The average molecular weight is 460 g/mol. The highest BCUT2D eigenvalue weighted by molar-refractivity contribution is 7.90. The number of anilines is 1. The van der Waals surface area contributed by atoms with Gasteiger partial charge >= 0.3 is 5.97 Å². The van der Waals surface area contributed by atoms with Gasteiger partial charge in [0.25, 0.3) is 15.6 Å². The van der Waals surface area contributed by atoms with Crippen LogP contribution in [0.3, 0.4) is 0 Å². The minimum atomic E-state index is -3.73. The number of benzene rings is 2. The molecule has 0 spiro atoms. The van der Waals surface area contributed by atoms with Crippen LogP contribution in [0.5, 0.6) is 0 Å². The molecule has 4 aromatic rings. The van der Waals surface area contributed by atoms with E-state index in [1.54, 1.807) is 66.9 Å². The van der Waals surface area contributed by atoms with Crippen LogP contribution in [0.15, 0.2) is 93.1 Å². The number of sulfonamides is 1. The van der Waals surface area contributed by atoms with Crippen molar-refractivity contribution in [3.05, 3.63) is 106 Å². The molecule has 164 valence electrons. The smallest absolute Gasteiger partial charge is 0.338 e. The fourth-order valence-electron chi connectivity index (χ4n) is 3.42. The largest absolute Gasteiger partial charge is 0.456 e. The lowest BCUT2D eigenvalue weighted by Crippen LogP contribution is -2.16. The number of nitrogens with one attached hydrogen (secondary N) is 1. The highest BCUT2D eigenvalue weighted by atomic mass is 32.2. The Morgan fingerprint density at radius 1 is 1.00 bits per heavy atom. The molecule has 0 saturated heterocycles. The maximum atomic E-state index is 12.4. The van der Waals surface area contributed by atoms with Crippen LogP contribution in [0.25, 0.3) is 5.65 Å². The van der Waals surface area contributed by atoms with Crippen LogP contribution in [0.2, 0.25) is 0 Å². The molecule has 2 aromatic carbocycles. The van der Waals surface area contributed by atoms with Gasteiger partial charge in [-0.15, -0.1) is 4.40 Å². The van der Waals surface area contributed by atoms with Crippen LogP contribution in [-0.2, 0) is 21.4 Å². The number of carbonyl (C=O) groups is 1. The predicted octanol–water partition coefficient (Wildman–Crippen LogP) is 2.61. The molecule has 1 aliphatic heterocycles. The van der Waals surface area contributed by atoms with Gasteiger partial charge in [0, 0.05) is 23.5 Å². The maximum absolute atomic E-state index is 12.4. The third-order valence-corrected chi connectivity index (χ3v) is 6.32. The summed E-state index contributed by atoms with van der Waals surface area (Å²) in [5.74, 6) is -0.364. The van der Waals surface area contributed by atoms with Gasteiger partial charge in [-0.3, -0.25) is 9.20 Å². The van der Waals surface area contributed by atoms with Gasteiger partial charge in [0.1, 0.15) is 17.1 Å². The molecule has 1 N–H and O–H groups in total. The zero-order chi connectivity index (χ0) is 23.0. The molecule has 1 aliphatic rings. The van der Waals surface area contributed by atoms with Gasteiger partial charge in [0.05, 0.1) is 11.3 Å². The van der Waals surface area contributed by atoms with Crippen molar-refractivity contribution in [2.24, 2.45) is 4.40 Å². The molecule has 33 heavy (non-hydrogen) atoms. The number of nitrogens with zero attached hydrogens (tertiary/aromatic N) is 3. The summed E-state index contributed by atoms with van der Waals surface area (Å²) >= 11 is 0. The third kappa shape index (κ3) is 3.99. The molecule has 0 saturated carbocycles. The van der Waals surface area contributed by atoms with Crippen molar-refractivity contribution >= 4 is 33.2 Å². The van der Waals surface area contributed by atoms with Gasteiger partial charge in [-0.25, -0.2) is 9.78 Å². The van der Waals surface area contributed by atoms with Crippen molar-refractivity contribution in [3.63, 3.8) is 0 Å². The summed E-state index contributed by atoms with van der Waals surface area (Å²) in [6, 6.07) is 19.4. The van der Waals surface area contributed by atoms with Gasteiger partial charge in [0.15, 0.2) is 5.84 Å². The Balaban J connectivity index is 1.27. The molecule has 0 unspecified atom stereocenters. The molecule has 0 fully saturated rings. The number of pyridine rings is 1. The molecule has 10 heteroatoms. The maximum Gasteiger partial charge on any atom is 0.338 e. The quantitative estimate of drug-likeness (QED) is 0.465. The molecule has 0 atom stereocenters. The zero-order valence-corrected chi connectivity index (χ0v) is 17.8. The monoisotopic (exact) mass is 460 g/mol. The number of hydrogen-bond acceptors (Lipinski definition) is 7. The summed E-state index contributed by atoms with van der Waals surface area (Å²) in [6.45, 7) is -0.148. The van der Waals surface area contributed by atoms with Crippen molar-refractivity contribution in [2.45, 2.75) is 11.5 Å². The Labute approximate surface area is 188 Å². The normalized spacial score (nSPS) is 13.9. The molecule has 3 heterocycles. The fraction of sp³-hybridized carbons (Fsp3) is 0.0435. The second-order valence-corrected chi connectivity index (χ2v) is 8.78. The van der Waals surface area contributed by atoms with Crippen molar-refractivity contribution in [2.75, 3.05) is 5.32 Å². The van der Waals surface area contributed by atoms with E-state index >= 15 is 0 Å².